The van der Waals surface area contributed by atoms with Gasteiger partial charge >= 0.3 is 6.18 Å². The fourth-order valence-corrected chi connectivity index (χ4v) is 2.52. The highest BCUT2D eigenvalue weighted by Gasteiger charge is 2.32. The Kier molecular flexibility index (Phi) is 5.11. The Bertz CT molecular complexity index is 905. The van der Waals surface area contributed by atoms with E-state index in [-0.39, 0.29) is 5.92 Å². The predicted molar refractivity (Wildman–Crippen MR) is 94.2 cm³/mol. The summed E-state index contributed by atoms with van der Waals surface area (Å²) >= 11 is 0. The Morgan fingerprint density at radius 3 is 2.50 bits per heavy atom. The van der Waals surface area contributed by atoms with Gasteiger partial charge in [-0.25, -0.2) is 9.97 Å². The Morgan fingerprint density at radius 2 is 1.77 bits per heavy atom. The van der Waals surface area contributed by atoms with Crippen molar-refractivity contribution in [2.24, 2.45) is 0 Å². The summed E-state index contributed by atoms with van der Waals surface area (Å²) in [5, 5.41) is 0. The molecule has 3 aromatic rings. The molecule has 0 saturated heterocycles. The fourth-order valence-electron chi connectivity index (χ4n) is 2.52. The van der Waals surface area contributed by atoms with Crippen LogP contribution in [0.5, 0.6) is 0 Å². The van der Waals surface area contributed by atoms with Crippen LogP contribution in [-0.4, -0.2) is 15.0 Å². The minimum atomic E-state index is -4.44. The van der Waals surface area contributed by atoms with E-state index in [9.17, 15) is 13.2 Å². The summed E-state index contributed by atoms with van der Waals surface area (Å²) in [7, 11) is 0. The lowest BCUT2D eigenvalue weighted by atomic mass is 9.96. The summed E-state index contributed by atoms with van der Waals surface area (Å²) in [6, 6.07) is 10.5. The summed E-state index contributed by atoms with van der Waals surface area (Å²) in [6.45, 7) is 1.99. The van der Waals surface area contributed by atoms with Crippen LogP contribution >= 0.6 is 0 Å². The molecule has 3 nitrogen and oxygen atoms in total. The van der Waals surface area contributed by atoms with E-state index < -0.39 is 11.9 Å². The first-order valence-electron chi connectivity index (χ1n) is 8.00. The summed E-state index contributed by atoms with van der Waals surface area (Å²) in [5.74, 6) is 0.0297. The lowest BCUT2D eigenvalue weighted by Gasteiger charge is -2.10. The van der Waals surface area contributed by atoms with Crippen molar-refractivity contribution in [3.05, 3.63) is 84.2 Å². The first-order valence-corrected chi connectivity index (χ1v) is 8.00. The second-order valence-corrected chi connectivity index (χ2v) is 5.87. The van der Waals surface area contributed by atoms with Crippen molar-refractivity contribution in [2.75, 3.05) is 0 Å². The molecule has 1 atom stereocenters. The molecule has 0 fully saturated rings. The topological polar surface area (TPSA) is 38.7 Å². The van der Waals surface area contributed by atoms with E-state index in [2.05, 4.69) is 15.0 Å². The van der Waals surface area contributed by atoms with Gasteiger partial charge in [-0.05, 0) is 34.7 Å². The normalized spacial score (nSPS) is 13.1. The van der Waals surface area contributed by atoms with E-state index >= 15 is 0 Å². The largest absolute Gasteiger partial charge is 0.433 e. The van der Waals surface area contributed by atoms with Crippen LogP contribution in [0.2, 0.25) is 0 Å². The molecule has 0 N–H and O–H groups in total. The number of halogens is 3. The van der Waals surface area contributed by atoms with Gasteiger partial charge in [-0.3, -0.25) is 4.98 Å². The molecule has 0 amide bonds. The molecule has 1 unspecified atom stereocenters. The molecular formula is C20H16F3N3. The number of allylic oxidation sites excluding steroid dienone is 1. The lowest BCUT2D eigenvalue weighted by Crippen LogP contribution is -2.07. The Labute approximate surface area is 149 Å². The van der Waals surface area contributed by atoms with Gasteiger partial charge in [-0.15, -0.1) is 0 Å². The molecule has 26 heavy (non-hydrogen) atoms. The Morgan fingerprint density at radius 1 is 1.00 bits per heavy atom. The highest BCUT2D eigenvalue weighted by molar-refractivity contribution is 5.62. The zero-order chi connectivity index (χ0) is 18.6. The second kappa shape index (κ2) is 7.47. The van der Waals surface area contributed by atoms with Gasteiger partial charge in [0.25, 0.3) is 0 Å². The van der Waals surface area contributed by atoms with Crippen LogP contribution < -0.4 is 0 Å². The quantitative estimate of drug-likeness (QED) is 0.631. The number of hydrogen-bond donors (Lipinski definition) is 0. The van der Waals surface area contributed by atoms with Crippen LogP contribution in [0.3, 0.4) is 0 Å². The molecule has 2 heterocycles. The monoisotopic (exact) mass is 355 g/mol. The van der Waals surface area contributed by atoms with Gasteiger partial charge in [0.1, 0.15) is 12.0 Å². The average molecular weight is 355 g/mol. The smallest absolute Gasteiger partial charge is 0.252 e. The number of benzene rings is 1. The molecule has 0 spiro atoms. The van der Waals surface area contributed by atoms with E-state index in [0.717, 1.165) is 22.8 Å². The van der Waals surface area contributed by atoms with Crippen LogP contribution in [0.1, 0.15) is 29.7 Å². The van der Waals surface area contributed by atoms with Crippen LogP contribution in [0, 0.1) is 0 Å². The number of hydrogen-bond acceptors (Lipinski definition) is 3. The zero-order valence-corrected chi connectivity index (χ0v) is 14.0. The number of aromatic nitrogens is 3. The molecule has 0 saturated carbocycles. The van der Waals surface area contributed by atoms with Crippen molar-refractivity contribution in [2.45, 2.75) is 19.0 Å². The Hall–Kier alpha value is -3.02. The van der Waals surface area contributed by atoms with E-state index in [1.165, 1.54) is 12.5 Å². The van der Waals surface area contributed by atoms with E-state index in [0.29, 0.717) is 5.56 Å². The molecule has 132 valence electrons. The van der Waals surface area contributed by atoms with Gasteiger partial charge in [0.15, 0.2) is 0 Å². The minimum Gasteiger partial charge on any atom is -0.252 e. The van der Waals surface area contributed by atoms with E-state index in [1.807, 2.05) is 37.3 Å². The van der Waals surface area contributed by atoms with Gasteiger partial charge in [0.05, 0.1) is 0 Å². The summed E-state index contributed by atoms with van der Waals surface area (Å²) < 4.78 is 38.2. The maximum Gasteiger partial charge on any atom is 0.433 e. The molecule has 0 bridgehead atoms. The molecule has 0 radical (unpaired) electrons. The highest BCUT2D eigenvalue weighted by Crippen LogP contribution is 2.28. The predicted octanol–water partition coefficient (Wildman–Crippen LogP) is 5.37. The molecule has 6 heteroatoms. The third-order valence-electron chi connectivity index (χ3n) is 3.96. The van der Waals surface area contributed by atoms with E-state index in [1.54, 1.807) is 24.5 Å². The standard InChI is InChI=1S/C20H16F3N3/c1-14(5-6-15-7-8-26-19(9-15)20(21,22)23)16-3-2-4-17(10-16)18-11-24-13-25-12-18/h2-14H,1H3/b6-5+. The zero-order valence-electron chi connectivity index (χ0n) is 14.0. The third-order valence-corrected chi connectivity index (χ3v) is 3.96. The minimum absolute atomic E-state index is 0.0297. The van der Waals surface area contributed by atoms with Crippen LogP contribution in [0.15, 0.2) is 67.4 Å². The number of rotatable bonds is 4. The van der Waals surface area contributed by atoms with Crippen LogP contribution in [-0.2, 0) is 6.18 Å². The SMILES string of the molecule is CC(/C=C/c1ccnc(C(F)(F)F)c1)c1cccc(-c2cncnc2)c1. The van der Waals surface area contributed by atoms with Crippen molar-refractivity contribution in [1.82, 2.24) is 15.0 Å². The summed E-state index contributed by atoms with van der Waals surface area (Å²) in [4.78, 5) is 11.4. The first kappa shape index (κ1) is 17.8. The van der Waals surface area contributed by atoms with Gasteiger partial charge < -0.3 is 0 Å². The highest BCUT2D eigenvalue weighted by atomic mass is 19.4. The van der Waals surface area contributed by atoms with Gasteiger partial charge in [-0.1, -0.05) is 43.3 Å². The Balaban J connectivity index is 1.80. The molecular weight excluding hydrogens is 339 g/mol. The average Bonchev–Trinajstić information content (AvgIpc) is 2.66. The third kappa shape index (κ3) is 4.33. The number of nitrogens with zero attached hydrogens (tertiary/aromatic N) is 3. The van der Waals surface area contributed by atoms with Crippen LogP contribution in [0.25, 0.3) is 17.2 Å². The molecule has 2 aromatic heterocycles. The summed E-state index contributed by atoms with van der Waals surface area (Å²) in [5.41, 5.74) is 2.53. The summed E-state index contributed by atoms with van der Waals surface area (Å²) in [6.07, 6.45) is 5.23. The van der Waals surface area contributed by atoms with Crippen molar-refractivity contribution < 1.29 is 13.2 Å². The maximum absolute atomic E-state index is 12.7. The van der Waals surface area contributed by atoms with Gasteiger partial charge in [0, 0.05) is 24.2 Å². The van der Waals surface area contributed by atoms with Crippen molar-refractivity contribution in [3.63, 3.8) is 0 Å². The van der Waals surface area contributed by atoms with Crippen molar-refractivity contribution >= 4 is 6.08 Å². The fraction of sp³-hybridized carbons (Fsp3) is 0.150. The maximum atomic E-state index is 12.7. The first-order chi connectivity index (χ1) is 12.4. The molecule has 0 aliphatic rings. The number of alkyl halides is 3. The molecule has 1 aromatic carbocycles. The number of pyridine rings is 1. The molecule has 0 aliphatic carbocycles. The molecule has 0 aliphatic heterocycles. The van der Waals surface area contributed by atoms with Gasteiger partial charge in [0.2, 0.25) is 0 Å². The van der Waals surface area contributed by atoms with Crippen LogP contribution in [0.4, 0.5) is 13.2 Å². The second-order valence-electron chi connectivity index (χ2n) is 5.87. The van der Waals surface area contributed by atoms with Crippen molar-refractivity contribution in [3.8, 4) is 11.1 Å². The van der Waals surface area contributed by atoms with E-state index in [4.69, 9.17) is 0 Å². The van der Waals surface area contributed by atoms with Gasteiger partial charge in [-0.2, -0.15) is 13.2 Å². The lowest BCUT2D eigenvalue weighted by molar-refractivity contribution is -0.141. The van der Waals surface area contributed by atoms with Crippen molar-refractivity contribution in [1.29, 1.82) is 0 Å². The molecule has 3 rings (SSSR count).